The number of nitrogens with zero attached hydrogens (tertiary/aromatic N) is 4. The Hall–Kier alpha value is -3.12. The molecule has 178 valence electrons. The van der Waals surface area contributed by atoms with E-state index in [0.717, 1.165) is 32.5 Å². The van der Waals surface area contributed by atoms with Crippen molar-refractivity contribution in [2.45, 2.75) is 31.7 Å². The lowest BCUT2D eigenvalue weighted by Gasteiger charge is -2.44. The van der Waals surface area contributed by atoms with Crippen LogP contribution in [0.5, 0.6) is 0 Å². The van der Waals surface area contributed by atoms with Gasteiger partial charge in [0, 0.05) is 62.9 Å². The Balaban J connectivity index is 0.000000383. The van der Waals surface area contributed by atoms with Crippen molar-refractivity contribution in [3.05, 3.63) is 48.7 Å². The molecule has 0 radical (unpaired) electrons. The normalized spacial score (nSPS) is 22.9. The first kappa shape index (κ1) is 24.5. The lowest BCUT2D eigenvalue weighted by atomic mass is 9.79. The summed E-state index contributed by atoms with van der Waals surface area (Å²) in [5.41, 5.74) is 1.20. The Labute approximate surface area is 188 Å². The zero-order valence-electron chi connectivity index (χ0n) is 17.6. The van der Waals surface area contributed by atoms with Crippen molar-refractivity contribution in [2.75, 3.05) is 25.0 Å². The van der Waals surface area contributed by atoms with Crippen molar-refractivity contribution >= 4 is 17.7 Å². The quantitative estimate of drug-likeness (QED) is 0.704. The molecule has 4 rings (SSSR count). The smallest absolute Gasteiger partial charge is 0.475 e. The summed E-state index contributed by atoms with van der Waals surface area (Å²) in [5.74, 6) is -2.10. The number of alkyl halides is 3. The Bertz CT molecular complexity index is 917. The predicted molar refractivity (Wildman–Crippen MR) is 110 cm³/mol. The van der Waals surface area contributed by atoms with Crippen LogP contribution in [0, 0.1) is 11.8 Å². The van der Waals surface area contributed by atoms with Gasteiger partial charge in [0.05, 0.1) is 12.3 Å². The molecule has 2 aliphatic heterocycles. The molecule has 0 saturated carbocycles. The Morgan fingerprint density at radius 3 is 2.58 bits per heavy atom. The fraction of sp³-hybridized carbons (Fsp3) is 0.476. The molecule has 0 aromatic carbocycles. The number of hydrogen-bond acceptors (Lipinski definition) is 7. The molecule has 4 heterocycles. The molecule has 2 aliphatic rings. The number of carbonyl (C=O) groups excluding carboxylic acids is 1. The highest BCUT2D eigenvalue weighted by atomic mass is 19.4. The van der Waals surface area contributed by atoms with Crippen LogP contribution in [0.4, 0.5) is 19.0 Å². The van der Waals surface area contributed by atoms with Crippen LogP contribution in [0.2, 0.25) is 0 Å². The molecule has 3 atom stereocenters. The summed E-state index contributed by atoms with van der Waals surface area (Å²) in [7, 11) is 0. The van der Waals surface area contributed by atoms with Crippen molar-refractivity contribution in [1.82, 2.24) is 19.9 Å². The number of likely N-dealkylation sites (tertiary alicyclic amines) is 1. The van der Waals surface area contributed by atoms with Crippen molar-refractivity contribution in [1.29, 1.82) is 0 Å². The van der Waals surface area contributed by atoms with Crippen LogP contribution in [0.15, 0.2) is 43.1 Å². The van der Waals surface area contributed by atoms with Crippen LogP contribution < -0.4 is 5.32 Å². The van der Waals surface area contributed by atoms with E-state index in [9.17, 15) is 18.0 Å². The average molecular weight is 467 g/mol. The molecule has 2 aromatic rings. The molecule has 0 spiro atoms. The number of aliphatic carboxylic acids is 1. The number of piperidine rings is 1. The molecule has 33 heavy (non-hydrogen) atoms. The number of ether oxygens (including phenoxy) is 1. The first-order valence-corrected chi connectivity index (χ1v) is 10.3. The zero-order valence-corrected chi connectivity index (χ0v) is 17.6. The van der Waals surface area contributed by atoms with Crippen molar-refractivity contribution < 1.29 is 32.6 Å². The summed E-state index contributed by atoms with van der Waals surface area (Å²) >= 11 is 0. The van der Waals surface area contributed by atoms with Gasteiger partial charge in [0.1, 0.15) is 0 Å². The summed E-state index contributed by atoms with van der Waals surface area (Å²) in [6.45, 7) is 3.34. The number of fused-ring (bicyclic) bond motifs is 1. The van der Waals surface area contributed by atoms with Gasteiger partial charge in [0.2, 0.25) is 5.91 Å². The third kappa shape index (κ3) is 7.19. The van der Waals surface area contributed by atoms with E-state index in [-0.39, 0.29) is 23.8 Å². The number of carboxylic acids is 1. The number of rotatable bonds is 4. The second-order valence-electron chi connectivity index (χ2n) is 7.74. The lowest BCUT2D eigenvalue weighted by Crippen LogP contribution is -2.52. The van der Waals surface area contributed by atoms with Gasteiger partial charge in [-0.25, -0.2) is 9.78 Å². The van der Waals surface area contributed by atoms with E-state index in [1.165, 1.54) is 5.56 Å². The average Bonchev–Trinajstić information content (AvgIpc) is 2.80. The number of anilines is 1. The molecular weight excluding hydrogens is 443 g/mol. The standard InChI is InChI=1S/C19H23N5O2.C2HF3O2/c25-19(23-18-11-21-6-7-22-18)15-4-9-26-17-3-8-24(13-16(15)17)12-14-2-1-5-20-10-14;3-2(4,5)1(6)7/h1-2,5-7,10-11,15-17H,3-4,8-9,12-13H2,(H,22,23,25);(H,6,7)/t15-,16+,17-;/m1./s1. The minimum absolute atomic E-state index is 0.0204. The van der Waals surface area contributed by atoms with Gasteiger partial charge in [-0.15, -0.1) is 0 Å². The largest absolute Gasteiger partial charge is 0.490 e. The lowest BCUT2D eigenvalue weighted by molar-refractivity contribution is -0.192. The van der Waals surface area contributed by atoms with Gasteiger partial charge in [-0.2, -0.15) is 13.2 Å². The Morgan fingerprint density at radius 2 is 1.94 bits per heavy atom. The summed E-state index contributed by atoms with van der Waals surface area (Å²) in [5, 5.41) is 10.0. The second kappa shape index (κ2) is 11.1. The molecule has 2 saturated heterocycles. The first-order chi connectivity index (χ1) is 15.7. The number of halogens is 3. The van der Waals surface area contributed by atoms with Gasteiger partial charge in [0.15, 0.2) is 5.82 Å². The van der Waals surface area contributed by atoms with E-state index in [2.05, 4.69) is 31.2 Å². The van der Waals surface area contributed by atoms with Gasteiger partial charge in [-0.3, -0.25) is 19.7 Å². The molecule has 0 aliphatic carbocycles. The third-order valence-electron chi connectivity index (χ3n) is 5.48. The highest BCUT2D eigenvalue weighted by molar-refractivity contribution is 5.91. The highest BCUT2D eigenvalue weighted by Gasteiger charge is 2.41. The SMILES string of the molecule is O=C(Nc1cnccn1)[C@@H]1CCO[C@@H]2CCN(Cc3cccnc3)C[C@H]21.O=C(O)C(F)(F)F. The molecule has 0 bridgehead atoms. The highest BCUT2D eigenvalue weighted by Crippen LogP contribution is 2.34. The van der Waals surface area contributed by atoms with Crippen LogP contribution >= 0.6 is 0 Å². The topological polar surface area (TPSA) is 118 Å². The van der Waals surface area contributed by atoms with E-state index < -0.39 is 12.1 Å². The van der Waals surface area contributed by atoms with E-state index in [0.29, 0.717) is 12.4 Å². The number of hydrogen-bond donors (Lipinski definition) is 2. The van der Waals surface area contributed by atoms with Crippen LogP contribution in [-0.2, 0) is 20.9 Å². The molecule has 9 nitrogen and oxygen atoms in total. The third-order valence-corrected chi connectivity index (χ3v) is 5.48. The van der Waals surface area contributed by atoms with E-state index in [1.807, 2.05) is 12.3 Å². The van der Waals surface area contributed by atoms with Gasteiger partial charge in [-0.05, 0) is 24.5 Å². The molecule has 2 aromatic heterocycles. The number of amides is 1. The van der Waals surface area contributed by atoms with Crippen LogP contribution in [0.1, 0.15) is 18.4 Å². The minimum atomic E-state index is -5.08. The van der Waals surface area contributed by atoms with Gasteiger partial charge in [-0.1, -0.05) is 6.07 Å². The zero-order chi connectivity index (χ0) is 23.8. The molecular formula is C21H24F3N5O4. The Morgan fingerprint density at radius 1 is 1.18 bits per heavy atom. The number of nitrogens with one attached hydrogen (secondary N) is 1. The van der Waals surface area contributed by atoms with Crippen LogP contribution in [0.3, 0.4) is 0 Å². The summed E-state index contributed by atoms with van der Waals surface area (Å²) in [6, 6.07) is 4.05. The number of carbonyl (C=O) groups is 2. The molecule has 0 unspecified atom stereocenters. The van der Waals surface area contributed by atoms with Crippen LogP contribution in [-0.4, -0.2) is 68.8 Å². The van der Waals surface area contributed by atoms with Crippen molar-refractivity contribution in [3.63, 3.8) is 0 Å². The summed E-state index contributed by atoms with van der Waals surface area (Å²) in [6.07, 6.45) is 5.22. The first-order valence-electron chi connectivity index (χ1n) is 10.3. The van der Waals surface area contributed by atoms with Gasteiger partial charge < -0.3 is 15.2 Å². The molecule has 2 fully saturated rings. The number of pyridine rings is 1. The van der Waals surface area contributed by atoms with Crippen molar-refractivity contribution in [2.24, 2.45) is 11.8 Å². The fourth-order valence-corrected chi connectivity index (χ4v) is 3.99. The molecule has 1 amide bonds. The minimum Gasteiger partial charge on any atom is -0.475 e. The maximum absolute atomic E-state index is 12.8. The fourth-order valence-electron chi connectivity index (χ4n) is 3.99. The van der Waals surface area contributed by atoms with E-state index in [4.69, 9.17) is 14.6 Å². The maximum atomic E-state index is 12.8. The van der Waals surface area contributed by atoms with E-state index >= 15 is 0 Å². The summed E-state index contributed by atoms with van der Waals surface area (Å²) in [4.78, 5) is 36.5. The monoisotopic (exact) mass is 467 g/mol. The molecule has 2 N–H and O–H groups in total. The predicted octanol–water partition coefficient (Wildman–Crippen LogP) is 2.37. The van der Waals surface area contributed by atoms with Crippen LogP contribution in [0.25, 0.3) is 0 Å². The number of carboxylic acid groups (broad SMARTS) is 1. The second-order valence-corrected chi connectivity index (χ2v) is 7.74. The Kier molecular flexibility index (Phi) is 8.28. The summed E-state index contributed by atoms with van der Waals surface area (Å²) < 4.78 is 37.7. The van der Waals surface area contributed by atoms with Gasteiger partial charge >= 0.3 is 12.1 Å². The van der Waals surface area contributed by atoms with Gasteiger partial charge in [0.25, 0.3) is 0 Å². The maximum Gasteiger partial charge on any atom is 0.490 e. The molecule has 12 heteroatoms. The van der Waals surface area contributed by atoms with Crippen molar-refractivity contribution in [3.8, 4) is 0 Å². The van der Waals surface area contributed by atoms with E-state index in [1.54, 1.807) is 24.8 Å². The number of aromatic nitrogens is 3.